The van der Waals surface area contributed by atoms with Crippen molar-refractivity contribution in [2.24, 2.45) is 0 Å². The molecule has 2 N–H and O–H groups in total. The molecule has 10 heteroatoms. The zero-order valence-corrected chi connectivity index (χ0v) is 17.8. The van der Waals surface area contributed by atoms with Gasteiger partial charge in [-0.1, -0.05) is 17.7 Å². The summed E-state index contributed by atoms with van der Waals surface area (Å²) < 4.78 is 40.8. The van der Waals surface area contributed by atoms with Crippen LogP contribution in [0.5, 0.6) is 0 Å². The number of benzene rings is 2. The van der Waals surface area contributed by atoms with Crippen molar-refractivity contribution in [3.8, 4) is 0 Å². The van der Waals surface area contributed by atoms with E-state index in [1.54, 1.807) is 25.1 Å². The molecule has 1 amide bonds. The van der Waals surface area contributed by atoms with E-state index in [-0.39, 0.29) is 23.0 Å². The van der Waals surface area contributed by atoms with Crippen LogP contribution < -0.4 is 10.0 Å². The van der Waals surface area contributed by atoms with Gasteiger partial charge in [0, 0.05) is 15.2 Å². The fourth-order valence-electron chi connectivity index (χ4n) is 2.12. The minimum atomic E-state index is -3.77. The fraction of sp³-hybridized carbons (Fsp3) is 0.235. The maximum atomic E-state index is 13.1. The molecule has 0 aliphatic carbocycles. The molecular weight excluding hydrogens is 461 g/mol. The van der Waals surface area contributed by atoms with Gasteiger partial charge in [-0.25, -0.2) is 12.8 Å². The average molecular weight is 479 g/mol. The second kappa shape index (κ2) is 9.11. The minimum absolute atomic E-state index is 0.00182. The number of hydrogen-bond acceptors (Lipinski definition) is 4. The van der Waals surface area contributed by atoms with E-state index in [0.717, 1.165) is 6.07 Å². The van der Waals surface area contributed by atoms with Crippen molar-refractivity contribution in [2.45, 2.75) is 11.3 Å². The summed E-state index contributed by atoms with van der Waals surface area (Å²) in [6.45, 7) is 0.133. The van der Waals surface area contributed by atoms with Crippen LogP contribution in [-0.2, 0) is 21.2 Å². The molecule has 0 aliphatic heterocycles. The average Bonchev–Trinajstić information content (AvgIpc) is 2.57. The first-order valence-electron chi connectivity index (χ1n) is 7.76. The molecule has 0 atom stereocenters. The number of nitrogens with zero attached hydrogens (tertiary/aromatic N) is 1. The van der Waals surface area contributed by atoms with Crippen LogP contribution in [0.4, 0.5) is 10.1 Å². The van der Waals surface area contributed by atoms with Gasteiger partial charge in [-0.3, -0.25) is 9.69 Å². The number of rotatable bonds is 7. The number of carbonyl (C=O) groups is 1. The second-order valence-corrected chi connectivity index (χ2v) is 8.99. The third-order valence-corrected chi connectivity index (χ3v) is 6.17. The Hall–Kier alpha value is -1.52. The lowest BCUT2D eigenvalue weighted by Crippen LogP contribution is -2.33. The zero-order chi connectivity index (χ0) is 20.2. The monoisotopic (exact) mass is 477 g/mol. The Balaban J connectivity index is 2.16. The summed E-state index contributed by atoms with van der Waals surface area (Å²) in [5, 5.41) is 2.77. The highest BCUT2D eigenvalue weighted by Gasteiger charge is 2.19. The van der Waals surface area contributed by atoms with Crippen LogP contribution in [0.1, 0.15) is 5.56 Å². The molecule has 0 radical (unpaired) electrons. The molecular formula is C17H18BrClFN3O3S. The fourth-order valence-corrected chi connectivity index (χ4v) is 4.43. The summed E-state index contributed by atoms with van der Waals surface area (Å²) in [6, 6.07) is 8.23. The highest BCUT2D eigenvalue weighted by atomic mass is 79.9. The molecule has 6 nitrogen and oxygen atoms in total. The SMILES string of the molecule is CN(C)CNS(=O)(=O)c1cc(NC(=O)Cc2ccc(F)cc2Cl)ccc1Br. The minimum Gasteiger partial charge on any atom is -0.326 e. The summed E-state index contributed by atoms with van der Waals surface area (Å²) in [4.78, 5) is 13.9. The molecule has 0 spiro atoms. The van der Waals surface area contributed by atoms with Crippen LogP contribution in [0, 0.1) is 5.82 Å². The van der Waals surface area contributed by atoms with Gasteiger partial charge in [0.2, 0.25) is 15.9 Å². The van der Waals surface area contributed by atoms with Gasteiger partial charge in [0.05, 0.1) is 18.0 Å². The predicted octanol–water partition coefficient (Wildman–Crippen LogP) is 3.22. The summed E-state index contributed by atoms with van der Waals surface area (Å²) in [6.07, 6.45) is -0.0733. The van der Waals surface area contributed by atoms with Gasteiger partial charge < -0.3 is 5.32 Å². The number of nitrogens with one attached hydrogen (secondary N) is 2. The van der Waals surface area contributed by atoms with E-state index in [9.17, 15) is 17.6 Å². The first-order chi connectivity index (χ1) is 12.6. The maximum Gasteiger partial charge on any atom is 0.242 e. The number of anilines is 1. The number of sulfonamides is 1. The first kappa shape index (κ1) is 21.8. The van der Waals surface area contributed by atoms with E-state index in [1.165, 1.54) is 24.3 Å². The molecule has 0 bridgehead atoms. The molecule has 146 valence electrons. The van der Waals surface area contributed by atoms with Crippen LogP contribution in [0.3, 0.4) is 0 Å². The first-order valence-corrected chi connectivity index (χ1v) is 10.4. The Labute approximate surface area is 170 Å². The number of carbonyl (C=O) groups excluding carboxylic acids is 1. The van der Waals surface area contributed by atoms with Crippen molar-refractivity contribution >= 4 is 49.1 Å². The maximum absolute atomic E-state index is 13.1. The molecule has 2 aromatic rings. The highest BCUT2D eigenvalue weighted by molar-refractivity contribution is 9.10. The molecule has 0 saturated carbocycles. The van der Waals surface area contributed by atoms with Gasteiger partial charge in [0.25, 0.3) is 0 Å². The number of hydrogen-bond donors (Lipinski definition) is 2. The van der Waals surface area contributed by atoms with Crippen LogP contribution in [0.2, 0.25) is 5.02 Å². The van der Waals surface area contributed by atoms with Gasteiger partial charge in [-0.15, -0.1) is 0 Å². The van der Waals surface area contributed by atoms with E-state index in [1.807, 2.05) is 0 Å². The zero-order valence-electron chi connectivity index (χ0n) is 14.6. The lowest BCUT2D eigenvalue weighted by molar-refractivity contribution is -0.115. The third-order valence-electron chi connectivity index (χ3n) is 3.44. The summed E-state index contributed by atoms with van der Waals surface area (Å²) in [5.74, 6) is -0.896. The molecule has 0 aromatic heterocycles. The summed E-state index contributed by atoms with van der Waals surface area (Å²) in [5.41, 5.74) is 0.778. The summed E-state index contributed by atoms with van der Waals surface area (Å²) >= 11 is 9.14. The molecule has 0 aliphatic rings. The van der Waals surface area contributed by atoms with Crippen LogP contribution >= 0.6 is 27.5 Å². The molecule has 2 aromatic carbocycles. The third kappa shape index (κ3) is 6.25. The molecule has 0 fully saturated rings. The molecule has 0 saturated heterocycles. The topological polar surface area (TPSA) is 78.5 Å². The van der Waals surface area contributed by atoms with Gasteiger partial charge in [-0.2, -0.15) is 4.72 Å². The Morgan fingerprint density at radius 2 is 1.93 bits per heavy atom. The van der Waals surface area contributed by atoms with Gasteiger partial charge >= 0.3 is 0 Å². The van der Waals surface area contributed by atoms with Crippen molar-refractivity contribution < 1.29 is 17.6 Å². The molecule has 0 unspecified atom stereocenters. The Morgan fingerprint density at radius 1 is 1.22 bits per heavy atom. The van der Waals surface area contributed by atoms with E-state index in [0.29, 0.717) is 15.7 Å². The Kier molecular flexibility index (Phi) is 7.35. The van der Waals surface area contributed by atoms with Crippen molar-refractivity contribution in [1.82, 2.24) is 9.62 Å². The van der Waals surface area contributed by atoms with Crippen LogP contribution in [-0.4, -0.2) is 40.0 Å². The van der Waals surface area contributed by atoms with Crippen LogP contribution in [0.15, 0.2) is 45.8 Å². The van der Waals surface area contributed by atoms with E-state index in [2.05, 4.69) is 26.0 Å². The quantitative estimate of drug-likeness (QED) is 0.599. The smallest absolute Gasteiger partial charge is 0.242 e. The summed E-state index contributed by atoms with van der Waals surface area (Å²) in [7, 11) is -0.305. The highest BCUT2D eigenvalue weighted by Crippen LogP contribution is 2.26. The Morgan fingerprint density at radius 3 is 2.56 bits per heavy atom. The number of amides is 1. The Bertz CT molecular complexity index is 954. The van der Waals surface area contributed by atoms with E-state index in [4.69, 9.17) is 11.6 Å². The number of halogens is 3. The van der Waals surface area contributed by atoms with Gasteiger partial charge in [-0.05, 0) is 65.9 Å². The molecule has 0 heterocycles. The lowest BCUT2D eigenvalue weighted by atomic mass is 10.1. The lowest BCUT2D eigenvalue weighted by Gasteiger charge is -2.14. The van der Waals surface area contributed by atoms with Crippen molar-refractivity contribution in [3.63, 3.8) is 0 Å². The second-order valence-electron chi connectivity index (χ2n) is 5.99. The van der Waals surface area contributed by atoms with Crippen molar-refractivity contribution in [3.05, 3.63) is 57.3 Å². The van der Waals surface area contributed by atoms with Crippen molar-refractivity contribution in [1.29, 1.82) is 0 Å². The normalized spacial score (nSPS) is 11.6. The van der Waals surface area contributed by atoms with E-state index < -0.39 is 21.7 Å². The predicted molar refractivity (Wildman–Crippen MR) is 107 cm³/mol. The van der Waals surface area contributed by atoms with Crippen LogP contribution in [0.25, 0.3) is 0 Å². The molecule has 2 rings (SSSR count). The van der Waals surface area contributed by atoms with Gasteiger partial charge in [0.15, 0.2) is 0 Å². The largest absolute Gasteiger partial charge is 0.326 e. The standard InChI is InChI=1S/C17H18BrClFN3O3S/c1-23(2)10-21-27(25,26)16-9-13(5-6-14(16)18)22-17(24)7-11-3-4-12(20)8-15(11)19/h3-6,8-9,21H,7,10H2,1-2H3,(H,22,24). The van der Waals surface area contributed by atoms with Crippen molar-refractivity contribution in [2.75, 3.05) is 26.1 Å². The van der Waals surface area contributed by atoms with Gasteiger partial charge in [0.1, 0.15) is 5.82 Å². The molecule has 27 heavy (non-hydrogen) atoms. The van der Waals surface area contributed by atoms with E-state index >= 15 is 0 Å².